The van der Waals surface area contributed by atoms with E-state index in [1.54, 1.807) is 0 Å². The fourth-order valence-corrected chi connectivity index (χ4v) is 2.88. The lowest BCUT2D eigenvalue weighted by Gasteiger charge is -2.14. The van der Waals surface area contributed by atoms with E-state index in [0.717, 1.165) is 18.4 Å². The Labute approximate surface area is 145 Å². The highest BCUT2D eigenvalue weighted by Crippen LogP contribution is 2.30. The molecule has 0 aliphatic carbocycles. The molecule has 1 aliphatic rings. The van der Waals surface area contributed by atoms with E-state index in [1.165, 1.54) is 6.39 Å². The van der Waals surface area contributed by atoms with Crippen LogP contribution in [0.5, 0.6) is 0 Å². The summed E-state index contributed by atoms with van der Waals surface area (Å²) in [7, 11) is 0. The van der Waals surface area contributed by atoms with Crippen LogP contribution in [-0.4, -0.2) is 35.1 Å². The summed E-state index contributed by atoms with van der Waals surface area (Å²) in [5.74, 6) is -1.71. The molecule has 2 aromatic rings. The molecule has 7 heteroatoms. The van der Waals surface area contributed by atoms with Crippen molar-refractivity contribution in [3.8, 4) is 0 Å². The van der Waals surface area contributed by atoms with E-state index in [4.69, 9.17) is 9.15 Å². The molecule has 2 atom stereocenters. The van der Waals surface area contributed by atoms with E-state index in [1.807, 2.05) is 30.3 Å². The second kappa shape index (κ2) is 7.94. The zero-order valence-electron chi connectivity index (χ0n) is 13.7. The van der Waals surface area contributed by atoms with Crippen LogP contribution in [0.4, 0.5) is 0 Å². The summed E-state index contributed by atoms with van der Waals surface area (Å²) in [6.07, 6.45) is 2.98. The average Bonchev–Trinajstić information content (AvgIpc) is 3.29. The summed E-state index contributed by atoms with van der Waals surface area (Å²) in [5, 5.41) is 12.1. The molecule has 1 amide bonds. The van der Waals surface area contributed by atoms with Crippen LogP contribution >= 0.6 is 0 Å². The topological polar surface area (TPSA) is 102 Å². The Morgan fingerprint density at radius 3 is 2.80 bits per heavy atom. The van der Waals surface area contributed by atoms with Gasteiger partial charge < -0.3 is 19.6 Å². The molecule has 1 aliphatic heterocycles. The first-order chi connectivity index (χ1) is 12.1. The summed E-state index contributed by atoms with van der Waals surface area (Å²) < 4.78 is 10.8. The van der Waals surface area contributed by atoms with Crippen molar-refractivity contribution < 1.29 is 23.8 Å². The average molecular weight is 344 g/mol. The number of hydrogen-bond donors (Lipinski definition) is 2. The molecule has 1 fully saturated rings. The molecule has 25 heavy (non-hydrogen) atoms. The van der Waals surface area contributed by atoms with Crippen molar-refractivity contribution in [1.82, 2.24) is 10.3 Å². The molecule has 3 rings (SSSR count). The lowest BCUT2D eigenvalue weighted by Crippen LogP contribution is -2.34. The van der Waals surface area contributed by atoms with Gasteiger partial charge in [0.2, 0.25) is 0 Å². The molecular formula is C18H20N2O5. The quantitative estimate of drug-likeness (QED) is 0.798. The van der Waals surface area contributed by atoms with Gasteiger partial charge in [-0.2, -0.15) is 0 Å². The van der Waals surface area contributed by atoms with E-state index in [0.29, 0.717) is 18.8 Å². The van der Waals surface area contributed by atoms with Crippen molar-refractivity contribution >= 4 is 11.9 Å². The Morgan fingerprint density at radius 1 is 1.32 bits per heavy atom. The highest BCUT2D eigenvalue weighted by atomic mass is 16.5. The van der Waals surface area contributed by atoms with Crippen LogP contribution in [0.2, 0.25) is 0 Å². The van der Waals surface area contributed by atoms with Gasteiger partial charge in [0.25, 0.3) is 5.91 Å². The number of rotatable bonds is 7. The van der Waals surface area contributed by atoms with Gasteiger partial charge in [0.05, 0.1) is 5.92 Å². The zero-order valence-corrected chi connectivity index (χ0v) is 13.7. The number of benzene rings is 1. The van der Waals surface area contributed by atoms with E-state index in [-0.39, 0.29) is 18.3 Å². The minimum atomic E-state index is -0.955. The fraction of sp³-hybridized carbons (Fsp3) is 0.389. The third kappa shape index (κ3) is 4.24. The number of nitrogens with one attached hydrogen (secondary N) is 1. The van der Waals surface area contributed by atoms with Gasteiger partial charge in [-0.05, 0) is 24.8 Å². The number of carboxylic acid groups (broad SMARTS) is 1. The molecule has 1 saturated heterocycles. The van der Waals surface area contributed by atoms with Crippen molar-refractivity contribution in [2.24, 2.45) is 5.92 Å². The first kappa shape index (κ1) is 17.2. The van der Waals surface area contributed by atoms with Crippen molar-refractivity contribution in [1.29, 1.82) is 0 Å². The summed E-state index contributed by atoms with van der Waals surface area (Å²) in [6, 6.07) is 9.32. The van der Waals surface area contributed by atoms with Crippen LogP contribution in [0.15, 0.2) is 41.1 Å². The summed E-state index contributed by atoms with van der Waals surface area (Å²) in [6.45, 7) is 0.644. The fourth-order valence-electron chi connectivity index (χ4n) is 2.88. The lowest BCUT2D eigenvalue weighted by molar-refractivity contribution is -0.141. The molecule has 1 aromatic heterocycles. The second-order valence-corrected chi connectivity index (χ2v) is 6.00. The summed E-state index contributed by atoms with van der Waals surface area (Å²) in [4.78, 5) is 27.8. The minimum Gasteiger partial charge on any atom is -0.481 e. The number of carbonyl (C=O) groups excluding carboxylic acids is 1. The third-order valence-electron chi connectivity index (χ3n) is 4.22. The number of oxazole rings is 1. The number of aliphatic carboxylic acids is 1. The summed E-state index contributed by atoms with van der Waals surface area (Å²) in [5.41, 5.74) is 1.07. The molecule has 132 valence electrons. The zero-order chi connectivity index (χ0) is 17.6. The van der Waals surface area contributed by atoms with Crippen LogP contribution in [0.1, 0.15) is 40.8 Å². The largest absolute Gasteiger partial charge is 0.481 e. The van der Waals surface area contributed by atoms with Gasteiger partial charge in [0.15, 0.2) is 17.8 Å². The number of amides is 1. The Hall–Kier alpha value is -2.67. The monoisotopic (exact) mass is 344 g/mol. The van der Waals surface area contributed by atoms with Gasteiger partial charge in [-0.3, -0.25) is 9.59 Å². The highest BCUT2D eigenvalue weighted by molar-refractivity contribution is 5.93. The van der Waals surface area contributed by atoms with Crippen LogP contribution in [-0.2, 0) is 16.0 Å². The van der Waals surface area contributed by atoms with Gasteiger partial charge in [-0.15, -0.1) is 0 Å². The number of carboxylic acids is 1. The SMILES string of the molecule is O=C(NC[C@@H](Cc1ccccc1)C(=O)O)c1ncoc1[C@@H]1CCCO1. The van der Waals surface area contributed by atoms with Crippen LogP contribution in [0.3, 0.4) is 0 Å². The maximum absolute atomic E-state index is 12.4. The van der Waals surface area contributed by atoms with E-state index < -0.39 is 17.8 Å². The standard InChI is InChI=1S/C18H20N2O5/c21-17(15-16(25-11-20-15)14-7-4-8-24-14)19-10-13(18(22)23)9-12-5-2-1-3-6-12/h1-3,5-6,11,13-14H,4,7-10H2,(H,19,21)(H,22,23)/t13-,14+/m1/s1. The molecule has 0 radical (unpaired) electrons. The molecular weight excluding hydrogens is 324 g/mol. The number of ether oxygens (including phenoxy) is 1. The minimum absolute atomic E-state index is 0.0148. The van der Waals surface area contributed by atoms with Gasteiger partial charge in [0, 0.05) is 13.2 Å². The third-order valence-corrected chi connectivity index (χ3v) is 4.22. The Balaban J connectivity index is 1.62. The predicted octanol–water partition coefficient (Wildman–Crippen LogP) is 2.20. The molecule has 0 unspecified atom stereocenters. The Kier molecular flexibility index (Phi) is 5.45. The van der Waals surface area contributed by atoms with Crippen molar-refractivity contribution in [2.45, 2.75) is 25.4 Å². The molecule has 2 heterocycles. The van der Waals surface area contributed by atoms with Crippen molar-refractivity contribution in [3.63, 3.8) is 0 Å². The van der Waals surface area contributed by atoms with Gasteiger partial charge in [0.1, 0.15) is 6.10 Å². The van der Waals surface area contributed by atoms with Gasteiger partial charge >= 0.3 is 5.97 Å². The van der Waals surface area contributed by atoms with Gasteiger partial charge in [-0.25, -0.2) is 4.98 Å². The molecule has 0 saturated carbocycles. The first-order valence-electron chi connectivity index (χ1n) is 8.25. The molecule has 1 aromatic carbocycles. The van der Waals surface area contributed by atoms with Crippen LogP contribution in [0, 0.1) is 5.92 Å². The molecule has 0 bridgehead atoms. The summed E-state index contributed by atoms with van der Waals surface area (Å²) >= 11 is 0. The number of hydrogen-bond acceptors (Lipinski definition) is 5. The van der Waals surface area contributed by atoms with Crippen molar-refractivity contribution in [2.75, 3.05) is 13.2 Å². The molecule has 2 N–H and O–H groups in total. The second-order valence-electron chi connectivity index (χ2n) is 6.00. The highest BCUT2D eigenvalue weighted by Gasteiger charge is 2.28. The molecule has 0 spiro atoms. The van der Waals surface area contributed by atoms with E-state index in [9.17, 15) is 14.7 Å². The Morgan fingerprint density at radius 2 is 2.12 bits per heavy atom. The van der Waals surface area contributed by atoms with E-state index >= 15 is 0 Å². The van der Waals surface area contributed by atoms with Crippen molar-refractivity contribution in [3.05, 3.63) is 53.7 Å². The molecule has 7 nitrogen and oxygen atoms in total. The van der Waals surface area contributed by atoms with Crippen LogP contribution < -0.4 is 5.32 Å². The van der Waals surface area contributed by atoms with Crippen LogP contribution in [0.25, 0.3) is 0 Å². The predicted molar refractivity (Wildman–Crippen MR) is 88.0 cm³/mol. The Bertz CT molecular complexity index is 722. The maximum atomic E-state index is 12.4. The lowest BCUT2D eigenvalue weighted by atomic mass is 9.99. The number of nitrogens with zero attached hydrogens (tertiary/aromatic N) is 1. The smallest absolute Gasteiger partial charge is 0.308 e. The number of carbonyl (C=O) groups is 2. The van der Waals surface area contributed by atoms with Gasteiger partial charge in [-0.1, -0.05) is 30.3 Å². The maximum Gasteiger partial charge on any atom is 0.308 e. The number of aromatic nitrogens is 1. The first-order valence-corrected chi connectivity index (χ1v) is 8.25. The normalized spacial score (nSPS) is 18.0. The van der Waals surface area contributed by atoms with E-state index in [2.05, 4.69) is 10.3 Å².